The quantitative estimate of drug-likeness (QED) is 0.927. The number of rotatable bonds is 4. The Labute approximate surface area is 125 Å². The second-order valence-corrected chi connectivity index (χ2v) is 5.22. The lowest BCUT2D eigenvalue weighted by atomic mass is 10.2. The topological polar surface area (TPSA) is 42.0 Å². The van der Waals surface area contributed by atoms with Gasteiger partial charge in [-0.25, -0.2) is 0 Å². The third-order valence-corrected chi connectivity index (χ3v) is 3.81. The predicted octanol–water partition coefficient (Wildman–Crippen LogP) is 3.47. The highest BCUT2D eigenvalue weighted by molar-refractivity contribution is 9.10. The fourth-order valence-corrected chi connectivity index (χ4v) is 2.02. The SMILES string of the molecule is O=C(NCCc1ccccn1)c1ccc(Br)c(Cl)c1. The Bertz CT molecular complexity index is 575. The number of benzene rings is 1. The van der Waals surface area contributed by atoms with Gasteiger partial charge in [0.1, 0.15) is 0 Å². The molecule has 0 bridgehead atoms. The Morgan fingerprint density at radius 2 is 2.16 bits per heavy atom. The summed E-state index contributed by atoms with van der Waals surface area (Å²) in [5.41, 5.74) is 1.51. The molecule has 5 heteroatoms. The van der Waals surface area contributed by atoms with Crippen molar-refractivity contribution in [3.05, 3.63) is 63.3 Å². The zero-order chi connectivity index (χ0) is 13.7. The molecule has 0 saturated heterocycles. The maximum Gasteiger partial charge on any atom is 0.251 e. The van der Waals surface area contributed by atoms with E-state index in [1.54, 1.807) is 24.4 Å². The van der Waals surface area contributed by atoms with E-state index in [2.05, 4.69) is 26.2 Å². The molecule has 0 unspecified atom stereocenters. The second kappa shape index (κ2) is 6.68. The molecule has 0 aliphatic rings. The first-order valence-corrected chi connectivity index (χ1v) is 6.97. The molecule has 0 aliphatic heterocycles. The second-order valence-electron chi connectivity index (χ2n) is 3.96. The predicted molar refractivity (Wildman–Crippen MR) is 79.4 cm³/mol. The molecule has 0 aliphatic carbocycles. The summed E-state index contributed by atoms with van der Waals surface area (Å²) in [7, 11) is 0. The maximum atomic E-state index is 11.9. The molecule has 1 N–H and O–H groups in total. The molecule has 0 fully saturated rings. The number of halogens is 2. The highest BCUT2D eigenvalue weighted by Gasteiger charge is 2.07. The van der Waals surface area contributed by atoms with Gasteiger partial charge in [0.15, 0.2) is 0 Å². The molecule has 0 spiro atoms. The molecular weight excluding hydrogens is 328 g/mol. The molecular formula is C14H12BrClN2O. The fourth-order valence-electron chi connectivity index (χ4n) is 1.59. The van der Waals surface area contributed by atoms with Gasteiger partial charge >= 0.3 is 0 Å². The summed E-state index contributed by atoms with van der Waals surface area (Å²) in [5.74, 6) is -0.134. The molecule has 0 radical (unpaired) electrons. The van der Waals surface area contributed by atoms with Crippen LogP contribution in [0.3, 0.4) is 0 Å². The number of hydrogen-bond donors (Lipinski definition) is 1. The zero-order valence-corrected chi connectivity index (χ0v) is 12.4. The summed E-state index contributed by atoms with van der Waals surface area (Å²) in [6.07, 6.45) is 2.45. The number of aromatic nitrogens is 1. The molecule has 1 heterocycles. The Kier molecular flexibility index (Phi) is 4.93. The summed E-state index contributed by atoms with van der Waals surface area (Å²) in [6, 6.07) is 10.9. The number of hydrogen-bond acceptors (Lipinski definition) is 2. The molecule has 3 nitrogen and oxygen atoms in total. The summed E-state index contributed by atoms with van der Waals surface area (Å²) in [6.45, 7) is 0.545. The monoisotopic (exact) mass is 338 g/mol. The van der Waals surface area contributed by atoms with E-state index >= 15 is 0 Å². The number of pyridine rings is 1. The molecule has 1 amide bonds. The van der Waals surface area contributed by atoms with Crippen LogP contribution >= 0.6 is 27.5 Å². The average Bonchev–Trinajstić information content (AvgIpc) is 2.43. The molecule has 1 aromatic heterocycles. The smallest absolute Gasteiger partial charge is 0.251 e. The molecule has 2 aromatic rings. The fraction of sp³-hybridized carbons (Fsp3) is 0.143. The van der Waals surface area contributed by atoms with Crippen molar-refractivity contribution in [1.29, 1.82) is 0 Å². The van der Waals surface area contributed by atoms with Crippen LogP contribution in [0.25, 0.3) is 0 Å². The van der Waals surface area contributed by atoms with Gasteiger partial charge in [0.05, 0.1) is 5.02 Å². The van der Waals surface area contributed by atoms with Gasteiger partial charge in [-0.15, -0.1) is 0 Å². The normalized spacial score (nSPS) is 10.2. The standard InChI is InChI=1S/C14H12BrClN2O/c15-12-5-4-10(9-13(12)16)14(19)18-8-6-11-3-1-2-7-17-11/h1-5,7,9H,6,8H2,(H,18,19). The van der Waals surface area contributed by atoms with Gasteiger partial charge < -0.3 is 5.32 Å². The number of nitrogens with zero attached hydrogens (tertiary/aromatic N) is 1. The van der Waals surface area contributed by atoms with Gasteiger partial charge in [0, 0.05) is 34.9 Å². The minimum absolute atomic E-state index is 0.134. The van der Waals surface area contributed by atoms with Crippen LogP contribution in [0, 0.1) is 0 Å². The van der Waals surface area contributed by atoms with Crippen LogP contribution in [0.1, 0.15) is 16.1 Å². The van der Waals surface area contributed by atoms with Crippen molar-refractivity contribution >= 4 is 33.4 Å². The zero-order valence-electron chi connectivity index (χ0n) is 10.1. The number of nitrogens with one attached hydrogen (secondary N) is 1. The summed E-state index contributed by atoms with van der Waals surface area (Å²) < 4.78 is 0.777. The Balaban J connectivity index is 1.89. The van der Waals surface area contributed by atoms with Gasteiger partial charge in [0.2, 0.25) is 0 Å². The summed E-state index contributed by atoms with van der Waals surface area (Å²) in [5, 5.41) is 3.37. The van der Waals surface area contributed by atoms with Crippen LogP contribution in [-0.4, -0.2) is 17.4 Å². The molecule has 98 valence electrons. The van der Waals surface area contributed by atoms with Crippen LogP contribution in [0.5, 0.6) is 0 Å². The van der Waals surface area contributed by atoms with Gasteiger partial charge in [-0.2, -0.15) is 0 Å². The van der Waals surface area contributed by atoms with E-state index in [1.165, 1.54) is 0 Å². The van der Waals surface area contributed by atoms with E-state index in [9.17, 15) is 4.79 Å². The maximum absolute atomic E-state index is 11.9. The van der Waals surface area contributed by atoms with E-state index < -0.39 is 0 Å². The molecule has 1 aromatic carbocycles. The Hall–Kier alpha value is -1.39. The minimum atomic E-state index is -0.134. The molecule has 0 saturated carbocycles. The van der Waals surface area contributed by atoms with Crippen LogP contribution in [-0.2, 0) is 6.42 Å². The third kappa shape index (κ3) is 4.04. The van der Waals surface area contributed by atoms with E-state index in [4.69, 9.17) is 11.6 Å². The first kappa shape index (κ1) is 14.0. The van der Waals surface area contributed by atoms with Crippen molar-refractivity contribution in [3.8, 4) is 0 Å². The van der Waals surface area contributed by atoms with Crippen molar-refractivity contribution in [3.63, 3.8) is 0 Å². The van der Waals surface area contributed by atoms with Gasteiger partial charge in [-0.1, -0.05) is 17.7 Å². The van der Waals surface area contributed by atoms with Gasteiger partial charge in [0.25, 0.3) is 5.91 Å². The van der Waals surface area contributed by atoms with Crippen molar-refractivity contribution in [2.24, 2.45) is 0 Å². The number of carbonyl (C=O) groups excluding carboxylic acids is 1. The third-order valence-electron chi connectivity index (χ3n) is 2.57. The lowest BCUT2D eigenvalue weighted by Crippen LogP contribution is -2.25. The lowest BCUT2D eigenvalue weighted by molar-refractivity contribution is 0.0954. The Morgan fingerprint density at radius 3 is 2.84 bits per heavy atom. The average molecular weight is 340 g/mol. The molecule has 19 heavy (non-hydrogen) atoms. The van der Waals surface area contributed by atoms with Crippen molar-refractivity contribution in [1.82, 2.24) is 10.3 Å². The van der Waals surface area contributed by atoms with Gasteiger partial charge in [-0.3, -0.25) is 9.78 Å². The highest BCUT2D eigenvalue weighted by atomic mass is 79.9. The van der Waals surface area contributed by atoms with Crippen molar-refractivity contribution in [2.75, 3.05) is 6.54 Å². The van der Waals surface area contributed by atoms with E-state index in [0.29, 0.717) is 23.6 Å². The molecule has 0 atom stereocenters. The summed E-state index contributed by atoms with van der Waals surface area (Å²) >= 11 is 9.24. The van der Waals surface area contributed by atoms with Crippen LogP contribution < -0.4 is 5.32 Å². The number of amides is 1. The van der Waals surface area contributed by atoms with Crippen molar-refractivity contribution < 1.29 is 4.79 Å². The summed E-state index contributed by atoms with van der Waals surface area (Å²) in [4.78, 5) is 16.1. The van der Waals surface area contributed by atoms with Gasteiger partial charge in [-0.05, 0) is 46.3 Å². The first-order chi connectivity index (χ1) is 9.16. The first-order valence-electron chi connectivity index (χ1n) is 5.80. The van der Waals surface area contributed by atoms with Crippen LogP contribution in [0.15, 0.2) is 47.1 Å². The lowest BCUT2D eigenvalue weighted by Gasteiger charge is -2.06. The highest BCUT2D eigenvalue weighted by Crippen LogP contribution is 2.23. The van der Waals surface area contributed by atoms with E-state index in [1.807, 2.05) is 18.2 Å². The van der Waals surface area contributed by atoms with E-state index in [-0.39, 0.29) is 5.91 Å². The number of carbonyl (C=O) groups is 1. The van der Waals surface area contributed by atoms with Crippen LogP contribution in [0.4, 0.5) is 0 Å². The van der Waals surface area contributed by atoms with Crippen LogP contribution in [0.2, 0.25) is 5.02 Å². The largest absolute Gasteiger partial charge is 0.352 e. The van der Waals surface area contributed by atoms with Crippen molar-refractivity contribution in [2.45, 2.75) is 6.42 Å². The van der Waals surface area contributed by atoms with E-state index in [0.717, 1.165) is 10.2 Å². The minimum Gasteiger partial charge on any atom is -0.352 e. The molecule has 2 rings (SSSR count). The Morgan fingerprint density at radius 1 is 1.32 bits per heavy atom.